The van der Waals surface area contributed by atoms with Gasteiger partial charge in [-0.3, -0.25) is 4.79 Å². The van der Waals surface area contributed by atoms with Crippen molar-refractivity contribution in [1.29, 1.82) is 0 Å². The van der Waals surface area contributed by atoms with Gasteiger partial charge in [0, 0.05) is 19.1 Å². The zero-order valence-electron chi connectivity index (χ0n) is 16.9. The number of nitrogens with zero attached hydrogens (tertiary/aromatic N) is 1. The molecule has 0 bridgehead atoms. The standard InChI is InChI=1S/C22H28N2O4S/c1-17-8-9-21(18(2)16-17)29(26,27)24-13-10-19(11-14-24)23-22(25)12-15-28-20-6-4-3-5-7-20/h3-9,16,19H,10-15H2,1-2H3,(H,23,25). The molecule has 1 aliphatic rings. The number of sulfonamides is 1. The number of ether oxygens (including phenoxy) is 1. The minimum Gasteiger partial charge on any atom is -0.493 e. The van der Waals surface area contributed by atoms with Gasteiger partial charge in [-0.05, 0) is 50.5 Å². The quantitative estimate of drug-likeness (QED) is 0.753. The lowest BCUT2D eigenvalue weighted by atomic mass is 10.1. The number of hydrogen-bond donors (Lipinski definition) is 1. The fourth-order valence-electron chi connectivity index (χ4n) is 3.55. The van der Waals surface area contributed by atoms with E-state index in [1.165, 1.54) is 4.31 Å². The summed E-state index contributed by atoms with van der Waals surface area (Å²) in [5.41, 5.74) is 1.80. The highest BCUT2D eigenvalue weighted by atomic mass is 32.2. The van der Waals surface area contributed by atoms with Gasteiger partial charge >= 0.3 is 0 Å². The van der Waals surface area contributed by atoms with Gasteiger partial charge < -0.3 is 10.1 Å². The maximum absolute atomic E-state index is 12.9. The van der Waals surface area contributed by atoms with Crippen molar-refractivity contribution in [3.63, 3.8) is 0 Å². The fraction of sp³-hybridized carbons (Fsp3) is 0.409. The first-order valence-electron chi connectivity index (χ1n) is 9.91. The second-order valence-electron chi connectivity index (χ2n) is 7.43. The Hall–Kier alpha value is -2.38. The Bertz CT molecular complexity index is 937. The molecule has 1 heterocycles. The van der Waals surface area contributed by atoms with E-state index in [2.05, 4.69) is 5.32 Å². The van der Waals surface area contributed by atoms with Crippen LogP contribution in [0, 0.1) is 13.8 Å². The number of nitrogens with one attached hydrogen (secondary N) is 1. The van der Waals surface area contributed by atoms with Crippen LogP contribution in [0.3, 0.4) is 0 Å². The van der Waals surface area contributed by atoms with Gasteiger partial charge in [-0.25, -0.2) is 8.42 Å². The van der Waals surface area contributed by atoms with Crippen molar-refractivity contribution >= 4 is 15.9 Å². The van der Waals surface area contributed by atoms with E-state index >= 15 is 0 Å². The number of benzene rings is 2. The summed E-state index contributed by atoms with van der Waals surface area (Å²) in [6, 6.07) is 14.8. The van der Waals surface area contributed by atoms with Crippen LogP contribution in [-0.4, -0.2) is 44.4 Å². The molecule has 1 saturated heterocycles. The second-order valence-corrected chi connectivity index (χ2v) is 9.33. The number of para-hydroxylation sites is 1. The van der Waals surface area contributed by atoms with Crippen LogP contribution < -0.4 is 10.1 Å². The molecule has 0 unspecified atom stereocenters. The molecule has 0 radical (unpaired) electrons. The summed E-state index contributed by atoms with van der Waals surface area (Å²) >= 11 is 0. The van der Waals surface area contributed by atoms with Crippen LogP contribution in [0.1, 0.15) is 30.4 Å². The van der Waals surface area contributed by atoms with Crippen LogP contribution in [0.15, 0.2) is 53.4 Å². The number of aryl methyl sites for hydroxylation is 2. The molecule has 0 aliphatic carbocycles. The molecule has 0 spiro atoms. The van der Waals surface area contributed by atoms with E-state index in [-0.39, 0.29) is 18.4 Å². The topological polar surface area (TPSA) is 75.7 Å². The Morgan fingerprint density at radius 1 is 1.10 bits per heavy atom. The zero-order chi connectivity index (χ0) is 20.9. The summed E-state index contributed by atoms with van der Waals surface area (Å²) in [6.07, 6.45) is 1.49. The maximum Gasteiger partial charge on any atom is 0.243 e. The summed E-state index contributed by atoms with van der Waals surface area (Å²) in [5, 5.41) is 3.00. The van der Waals surface area contributed by atoms with E-state index in [0.29, 0.717) is 37.4 Å². The molecule has 2 aromatic rings. The minimum absolute atomic E-state index is 0.00945. The average Bonchev–Trinajstić information content (AvgIpc) is 2.69. The molecular formula is C22H28N2O4S. The van der Waals surface area contributed by atoms with Crippen molar-refractivity contribution < 1.29 is 17.9 Å². The summed E-state index contributed by atoms with van der Waals surface area (Å²) in [6.45, 7) is 4.89. The number of carbonyl (C=O) groups is 1. The molecular weight excluding hydrogens is 388 g/mol. The smallest absolute Gasteiger partial charge is 0.243 e. The van der Waals surface area contributed by atoms with Gasteiger partial charge in [0.15, 0.2) is 0 Å². The number of carbonyl (C=O) groups excluding carboxylic acids is 1. The van der Waals surface area contributed by atoms with Gasteiger partial charge in [-0.1, -0.05) is 35.9 Å². The Labute approximate surface area is 172 Å². The van der Waals surface area contributed by atoms with Gasteiger partial charge in [0.25, 0.3) is 0 Å². The molecule has 1 aliphatic heterocycles. The number of piperidine rings is 1. The molecule has 156 valence electrons. The maximum atomic E-state index is 12.9. The van der Waals surface area contributed by atoms with Crippen LogP contribution in [0.2, 0.25) is 0 Å². The molecule has 0 aromatic heterocycles. The van der Waals surface area contributed by atoms with Gasteiger partial charge in [0.1, 0.15) is 5.75 Å². The van der Waals surface area contributed by atoms with E-state index in [1.54, 1.807) is 6.07 Å². The molecule has 0 atom stereocenters. The highest BCUT2D eigenvalue weighted by Gasteiger charge is 2.30. The predicted molar refractivity (Wildman–Crippen MR) is 112 cm³/mol. The van der Waals surface area contributed by atoms with Crippen LogP contribution in [0.5, 0.6) is 5.75 Å². The van der Waals surface area contributed by atoms with Crippen molar-refractivity contribution in [3.05, 3.63) is 59.7 Å². The number of hydrogen-bond acceptors (Lipinski definition) is 4. The summed E-state index contributed by atoms with van der Waals surface area (Å²) in [4.78, 5) is 12.5. The van der Waals surface area contributed by atoms with E-state index in [9.17, 15) is 13.2 Å². The van der Waals surface area contributed by atoms with Gasteiger partial charge in [-0.2, -0.15) is 4.31 Å². The Kier molecular flexibility index (Phi) is 6.92. The molecule has 1 amide bonds. The monoisotopic (exact) mass is 416 g/mol. The Balaban J connectivity index is 1.46. The normalized spacial score (nSPS) is 15.8. The van der Waals surface area contributed by atoms with E-state index in [4.69, 9.17) is 4.74 Å². The third-order valence-electron chi connectivity index (χ3n) is 5.11. The lowest BCUT2D eigenvalue weighted by molar-refractivity contribution is -0.122. The molecule has 2 aromatic carbocycles. The molecule has 29 heavy (non-hydrogen) atoms. The third-order valence-corrected chi connectivity index (χ3v) is 7.17. The van der Waals surface area contributed by atoms with Crippen LogP contribution >= 0.6 is 0 Å². The highest BCUT2D eigenvalue weighted by Crippen LogP contribution is 2.24. The highest BCUT2D eigenvalue weighted by molar-refractivity contribution is 7.89. The van der Waals surface area contributed by atoms with Crippen molar-refractivity contribution in [3.8, 4) is 5.75 Å². The minimum atomic E-state index is -3.51. The molecule has 1 N–H and O–H groups in total. The first-order chi connectivity index (χ1) is 13.9. The lowest BCUT2D eigenvalue weighted by Crippen LogP contribution is -2.46. The van der Waals surface area contributed by atoms with Crippen LogP contribution in [0.4, 0.5) is 0 Å². The largest absolute Gasteiger partial charge is 0.493 e. The Morgan fingerprint density at radius 2 is 1.79 bits per heavy atom. The van der Waals surface area contributed by atoms with Crippen molar-refractivity contribution in [2.45, 2.75) is 44.0 Å². The van der Waals surface area contributed by atoms with Crippen molar-refractivity contribution in [2.24, 2.45) is 0 Å². The van der Waals surface area contributed by atoms with Gasteiger partial charge in [0.2, 0.25) is 15.9 Å². The molecule has 3 rings (SSSR count). The summed E-state index contributed by atoms with van der Waals surface area (Å²) in [7, 11) is -3.51. The Morgan fingerprint density at radius 3 is 2.45 bits per heavy atom. The van der Waals surface area contributed by atoms with Crippen molar-refractivity contribution in [1.82, 2.24) is 9.62 Å². The zero-order valence-corrected chi connectivity index (χ0v) is 17.7. The van der Waals surface area contributed by atoms with E-state index < -0.39 is 10.0 Å². The van der Waals surface area contributed by atoms with Gasteiger partial charge in [0.05, 0.1) is 17.9 Å². The SMILES string of the molecule is Cc1ccc(S(=O)(=O)N2CCC(NC(=O)CCOc3ccccc3)CC2)c(C)c1. The molecule has 6 nitrogen and oxygen atoms in total. The van der Waals surface area contributed by atoms with Crippen molar-refractivity contribution in [2.75, 3.05) is 19.7 Å². The number of amides is 1. The average molecular weight is 417 g/mol. The fourth-order valence-corrected chi connectivity index (χ4v) is 5.22. The van der Waals surface area contributed by atoms with E-state index in [0.717, 1.165) is 16.9 Å². The first-order valence-corrected chi connectivity index (χ1v) is 11.3. The molecule has 0 saturated carbocycles. The third kappa shape index (κ3) is 5.58. The second kappa shape index (κ2) is 9.41. The molecule has 7 heteroatoms. The molecule has 1 fully saturated rings. The van der Waals surface area contributed by atoms with Crippen LogP contribution in [-0.2, 0) is 14.8 Å². The van der Waals surface area contributed by atoms with Gasteiger partial charge in [-0.15, -0.1) is 0 Å². The van der Waals surface area contributed by atoms with Crippen LogP contribution in [0.25, 0.3) is 0 Å². The summed E-state index contributed by atoms with van der Waals surface area (Å²) < 4.78 is 33.0. The predicted octanol–water partition coefficient (Wildman–Crippen LogP) is 3.04. The van der Waals surface area contributed by atoms with E-state index in [1.807, 2.05) is 56.3 Å². The number of rotatable bonds is 7. The first kappa shape index (κ1) is 21.3. The lowest BCUT2D eigenvalue weighted by Gasteiger charge is -2.32. The summed E-state index contributed by atoms with van der Waals surface area (Å²) in [5.74, 6) is 0.668.